The lowest BCUT2D eigenvalue weighted by atomic mass is 10.1. The molecule has 0 bridgehead atoms. The molecule has 0 saturated carbocycles. The predicted octanol–water partition coefficient (Wildman–Crippen LogP) is 2.34. The third-order valence-electron chi connectivity index (χ3n) is 3.27. The van der Waals surface area contributed by atoms with Crippen LogP contribution in [0.4, 0.5) is 0 Å². The van der Waals surface area contributed by atoms with Gasteiger partial charge in [-0.1, -0.05) is 25.5 Å². The van der Waals surface area contributed by atoms with Crippen molar-refractivity contribution in [3.05, 3.63) is 46.2 Å². The Kier molecular flexibility index (Phi) is 5.51. The molecule has 5 heteroatoms. The summed E-state index contributed by atoms with van der Waals surface area (Å²) in [4.78, 5) is 11.8. The van der Waals surface area contributed by atoms with Crippen LogP contribution >= 0.6 is 0 Å². The summed E-state index contributed by atoms with van der Waals surface area (Å²) < 4.78 is 5.21. The van der Waals surface area contributed by atoms with Gasteiger partial charge in [0, 0.05) is 17.7 Å². The molecule has 5 nitrogen and oxygen atoms in total. The maximum absolute atomic E-state index is 11.8. The number of nitrogens with one attached hydrogen (secondary N) is 2. The van der Waals surface area contributed by atoms with Crippen molar-refractivity contribution in [2.24, 2.45) is 0 Å². The lowest BCUT2D eigenvalue weighted by Gasteiger charge is -2.06. The molecule has 1 aromatic carbocycles. The Morgan fingerprint density at radius 1 is 1.33 bits per heavy atom. The first kappa shape index (κ1) is 15.3. The van der Waals surface area contributed by atoms with Crippen molar-refractivity contribution in [1.29, 1.82) is 0 Å². The molecule has 0 atom stereocenters. The van der Waals surface area contributed by atoms with Crippen molar-refractivity contribution in [3.8, 4) is 17.0 Å². The number of H-pyrrole nitrogens is 1. The minimum absolute atomic E-state index is 0.148. The maximum Gasteiger partial charge on any atom is 0.268 e. The molecule has 112 valence electrons. The molecule has 1 aromatic heterocycles. The third kappa shape index (κ3) is 4.16. The van der Waals surface area contributed by atoms with Gasteiger partial charge >= 0.3 is 0 Å². The SMILES string of the molecule is CCCCNCc1cc(-c2cccc(OC)c2)n[nH]c1=O. The van der Waals surface area contributed by atoms with Crippen LogP contribution in [0.25, 0.3) is 11.3 Å². The zero-order chi connectivity index (χ0) is 15.1. The van der Waals surface area contributed by atoms with E-state index in [9.17, 15) is 4.79 Å². The minimum atomic E-state index is -0.148. The molecule has 1 heterocycles. The van der Waals surface area contributed by atoms with E-state index in [-0.39, 0.29) is 5.56 Å². The van der Waals surface area contributed by atoms with Gasteiger partial charge in [-0.2, -0.15) is 5.10 Å². The highest BCUT2D eigenvalue weighted by molar-refractivity contribution is 5.61. The second-order valence-corrected chi connectivity index (χ2v) is 4.87. The molecule has 0 saturated heterocycles. The largest absolute Gasteiger partial charge is 0.497 e. The number of unbranched alkanes of at least 4 members (excludes halogenated alkanes) is 1. The summed E-state index contributed by atoms with van der Waals surface area (Å²) in [6, 6.07) is 9.45. The van der Waals surface area contributed by atoms with E-state index in [2.05, 4.69) is 22.4 Å². The number of rotatable bonds is 7. The minimum Gasteiger partial charge on any atom is -0.497 e. The zero-order valence-corrected chi connectivity index (χ0v) is 12.5. The van der Waals surface area contributed by atoms with E-state index in [1.54, 1.807) is 7.11 Å². The topological polar surface area (TPSA) is 67.0 Å². The molecule has 21 heavy (non-hydrogen) atoms. The fourth-order valence-corrected chi connectivity index (χ4v) is 2.03. The number of nitrogens with zero attached hydrogens (tertiary/aromatic N) is 1. The first-order chi connectivity index (χ1) is 10.2. The fraction of sp³-hybridized carbons (Fsp3) is 0.375. The number of hydrogen-bond donors (Lipinski definition) is 2. The van der Waals surface area contributed by atoms with E-state index in [0.717, 1.165) is 36.4 Å². The molecule has 0 radical (unpaired) electrons. The Balaban J connectivity index is 2.19. The lowest BCUT2D eigenvalue weighted by Crippen LogP contribution is -2.22. The van der Waals surface area contributed by atoms with Gasteiger partial charge in [0.15, 0.2) is 0 Å². The van der Waals surface area contributed by atoms with Crippen LogP contribution in [0.15, 0.2) is 35.1 Å². The molecule has 0 spiro atoms. The van der Waals surface area contributed by atoms with Crippen LogP contribution in [0.5, 0.6) is 5.75 Å². The summed E-state index contributed by atoms with van der Waals surface area (Å²) in [6.07, 6.45) is 2.24. The molecule has 2 aromatic rings. The summed E-state index contributed by atoms with van der Waals surface area (Å²) in [6.45, 7) is 3.60. The van der Waals surface area contributed by atoms with Crippen molar-refractivity contribution in [1.82, 2.24) is 15.5 Å². The summed E-state index contributed by atoms with van der Waals surface area (Å²) in [7, 11) is 1.63. The van der Waals surface area contributed by atoms with Crippen LogP contribution in [0.2, 0.25) is 0 Å². The highest BCUT2D eigenvalue weighted by Crippen LogP contribution is 2.21. The van der Waals surface area contributed by atoms with Crippen LogP contribution < -0.4 is 15.6 Å². The molecule has 0 unspecified atom stereocenters. The average Bonchev–Trinajstić information content (AvgIpc) is 2.53. The van der Waals surface area contributed by atoms with Gasteiger partial charge in [-0.25, -0.2) is 5.10 Å². The summed E-state index contributed by atoms with van der Waals surface area (Å²) in [5.41, 5.74) is 2.20. The van der Waals surface area contributed by atoms with Crippen molar-refractivity contribution < 1.29 is 4.74 Å². The van der Waals surface area contributed by atoms with Crippen molar-refractivity contribution >= 4 is 0 Å². The molecular formula is C16H21N3O2. The Labute approximate surface area is 124 Å². The molecular weight excluding hydrogens is 266 g/mol. The Bertz CT molecular complexity index is 637. The van der Waals surface area contributed by atoms with E-state index in [4.69, 9.17) is 4.74 Å². The fourth-order valence-electron chi connectivity index (χ4n) is 2.03. The second-order valence-electron chi connectivity index (χ2n) is 4.87. The average molecular weight is 287 g/mol. The Morgan fingerprint density at radius 3 is 2.95 bits per heavy atom. The molecule has 0 amide bonds. The zero-order valence-electron chi connectivity index (χ0n) is 12.5. The van der Waals surface area contributed by atoms with Crippen LogP contribution in [0.1, 0.15) is 25.3 Å². The highest BCUT2D eigenvalue weighted by Gasteiger charge is 2.06. The van der Waals surface area contributed by atoms with E-state index in [1.165, 1.54) is 0 Å². The Morgan fingerprint density at radius 2 is 2.19 bits per heavy atom. The van der Waals surface area contributed by atoms with E-state index >= 15 is 0 Å². The number of benzene rings is 1. The molecule has 2 rings (SSSR count). The van der Waals surface area contributed by atoms with E-state index in [0.29, 0.717) is 12.1 Å². The van der Waals surface area contributed by atoms with Crippen molar-refractivity contribution in [2.75, 3.05) is 13.7 Å². The second kappa shape index (κ2) is 7.59. The van der Waals surface area contributed by atoms with Gasteiger partial charge in [0.1, 0.15) is 5.75 Å². The number of aromatic nitrogens is 2. The molecule has 0 aliphatic carbocycles. The van der Waals surface area contributed by atoms with Crippen LogP contribution in [-0.2, 0) is 6.54 Å². The number of methoxy groups -OCH3 is 1. The number of ether oxygens (including phenoxy) is 1. The normalized spacial score (nSPS) is 10.6. The van der Waals surface area contributed by atoms with E-state index < -0.39 is 0 Å². The van der Waals surface area contributed by atoms with Gasteiger partial charge < -0.3 is 10.1 Å². The first-order valence-corrected chi connectivity index (χ1v) is 7.18. The van der Waals surface area contributed by atoms with Crippen LogP contribution in [0.3, 0.4) is 0 Å². The summed E-state index contributed by atoms with van der Waals surface area (Å²) >= 11 is 0. The summed E-state index contributed by atoms with van der Waals surface area (Å²) in [5, 5.41) is 9.94. The standard InChI is InChI=1S/C16H21N3O2/c1-3-4-8-17-11-13-10-15(18-19-16(13)20)12-6-5-7-14(9-12)21-2/h5-7,9-10,17H,3-4,8,11H2,1-2H3,(H,19,20). The molecule has 2 N–H and O–H groups in total. The molecule has 0 aliphatic rings. The van der Waals surface area contributed by atoms with Gasteiger partial charge in [0.2, 0.25) is 0 Å². The van der Waals surface area contributed by atoms with Gasteiger partial charge in [0.05, 0.1) is 12.8 Å². The van der Waals surface area contributed by atoms with E-state index in [1.807, 2.05) is 30.3 Å². The smallest absolute Gasteiger partial charge is 0.268 e. The Hall–Kier alpha value is -2.14. The monoisotopic (exact) mass is 287 g/mol. The van der Waals surface area contributed by atoms with Gasteiger partial charge in [-0.15, -0.1) is 0 Å². The third-order valence-corrected chi connectivity index (χ3v) is 3.27. The quantitative estimate of drug-likeness (QED) is 0.767. The predicted molar refractivity (Wildman–Crippen MR) is 83.5 cm³/mol. The van der Waals surface area contributed by atoms with Gasteiger partial charge in [-0.05, 0) is 31.2 Å². The van der Waals surface area contributed by atoms with Gasteiger partial charge in [0.25, 0.3) is 5.56 Å². The van der Waals surface area contributed by atoms with Crippen LogP contribution in [-0.4, -0.2) is 23.9 Å². The highest BCUT2D eigenvalue weighted by atomic mass is 16.5. The van der Waals surface area contributed by atoms with Crippen molar-refractivity contribution in [3.63, 3.8) is 0 Å². The number of hydrogen-bond acceptors (Lipinski definition) is 4. The van der Waals surface area contributed by atoms with Gasteiger partial charge in [-0.3, -0.25) is 4.79 Å². The summed E-state index contributed by atoms with van der Waals surface area (Å²) in [5.74, 6) is 0.767. The van der Waals surface area contributed by atoms with Crippen LogP contribution in [0, 0.1) is 0 Å². The molecule has 0 aliphatic heterocycles. The molecule has 0 fully saturated rings. The lowest BCUT2D eigenvalue weighted by molar-refractivity contribution is 0.415. The first-order valence-electron chi connectivity index (χ1n) is 7.18. The maximum atomic E-state index is 11.8. The number of aromatic amines is 1. The van der Waals surface area contributed by atoms with Crippen molar-refractivity contribution in [2.45, 2.75) is 26.3 Å².